The molecule has 0 fully saturated rings. The first-order valence-electron chi connectivity index (χ1n) is 8.47. The molecule has 0 atom stereocenters. The molecule has 116 valence electrons. The Kier molecular flexibility index (Phi) is 6.78. The summed E-state index contributed by atoms with van der Waals surface area (Å²) in [6.45, 7) is 16.5. The molecule has 0 aliphatic rings. The van der Waals surface area contributed by atoms with E-state index in [0.717, 1.165) is 0 Å². The molecular weight excluding hydrogens is 260 g/mol. The van der Waals surface area contributed by atoms with Crippen LogP contribution in [0, 0.1) is 6.92 Å². The number of unbranched alkanes of at least 4 members (excludes halogenated alkanes) is 3. The number of hydrogen-bond acceptors (Lipinski definition) is 1. The van der Waals surface area contributed by atoms with E-state index >= 15 is 0 Å². The summed E-state index contributed by atoms with van der Waals surface area (Å²) in [7, 11) is 0. The van der Waals surface area contributed by atoms with Crippen molar-refractivity contribution < 1.29 is 0 Å². The third kappa shape index (κ3) is 4.10. The molecular formula is C19H34S. The molecule has 0 saturated carbocycles. The van der Waals surface area contributed by atoms with Gasteiger partial charge in [0.25, 0.3) is 0 Å². The van der Waals surface area contributed by atoms with Crippen LogP contribution >= 0.6 is 11.3 Å². The zero-order chi connectivity index (χ0) is 15.3. The van der Waals surface area contributed by atoms with E-state index in [2.05, 4.69) is 59.8 Å². The van der Waals surface area contributed by atoms with Crippen LogP contribution in [0.5, 0.6) is 0 Å². The molecule has 0 aromatic carbocycles. The third-order valence-corrected chi connectivity index (χ3v) is 6.61. The fourth-order valence-electron chi connectivity index (χ4n) is 2.85. The normalized spacial score (nSPS) is 12.4. The largest absolute Gasteiger partial charge is 0.144 e. The second-order valence-corrected chi connectivity index (χ2v) is 8.15. The van der Waals surface area contributed by atoms with Gasteiger partial charge in [0.15, 0.2) is 0 Å². The maximum absolute atomic E-state index is 2.41. The van der Waals surface area contributed by atoms with Gasteiger partial charge in [0.1, 0.15) is 0 Å². The first kappa shape index (κ1) is 17.8. The Labute approximate surface area is 131 Å². The van der Waals surface area contributed by atoms with Gasteiger partial charge in [-0.3, -0.25) is 0 Å². The van der Waals surface area contributed by atoms with Gasteiger partial charge in [0.2, 0.25) is 0 Å². The summed E-state index contributed by atoms with van der Waals surface area (Å²) >= 11 is 2.09. The Morgan fingerprint density at radius 2 is 1.70 bits per heavy atom. The molecule has 1 aromatic heterocycles. The fraction of sp³-hybridized carbons (Fsp3) is 0.789. The molecule has 1 aromatic rings. The van der Waals surface area contributed by atoms with Crippen LogP contribution in [0.4, 0.5) is 0 Å². The lowest BCUT2D eigenvalue weighted by atomic mass is 9.84. The van der Waals surface area contributed by atoms with Crippen LogP contribution in [0.25, 0.3) is 0 Å². The summed E-state index contributed by atoms with van der Waals surface area (Å²) in [4.78, 5) is 3.28. The summed E-state index contributed by atoms with van der Waals surface area (Å²) in [6, 6.07) is 0. The number of thiophene rings is 1. The average Bonchev–Trinajstić information content (AvgIpc) is 2.73. The van der Waals surface area contributed by atoms with E-state index in [1.807, 2.05) is 0 Å². The van der Waals surface area contributed by atoms with Crippen molar-refractivity contribution in [3.8, 4) is 0 Å². The van der Waals surface area contributed by atoms with Crippen LogP contribution in [-0.4, -0.2) is 0 Å². The van der Waals surface area contributed by atoms with E-state index in [1.165, 1.54) is 38.5 Å². The van der Waals surface area contributed by atoms with E-state index in [9.17, 15) is 0 Å². The standard InChI is InChI=1S/C19H34S/c1-8-10-11-12-13-16-15(5)17(14(3)4)20-18(16)19(6,7)9-2/h14H,8-13H2,1-7H3. The van der Waals surface area contributed by atoms with E-state index < -0.39 is 0 Å². The maximum Gasteiger partial charge on any atom is 0.0139 e. The summed E-state index contributed by atoms with van der Waals surface area (Å²) in [6.07, 6.45) is 7.96. The highest BCUT2D eigenvalue weighted by atomic mass is 32.1. The molecule has 0 spiro atoms. The summed E-state index contributed by atoms with van der Waals surface area (Å²) in [5.74, 6) is 0.663. The molecule has 0 bridgehead atoms. The molecule has 0 nitrogen and oxygen atoms in total. The Hall–Kier alpha value is -0.300. The van der Waals surface area contributed by atoms with Crippen LogP contribution in [0.15, 0.2) is 0 Å². The quantitative estimate of drug-likeness (QED) is 0.453. The van der Waals surface area contributed by atoms with Gasteiger partial charge in [0, 0.05) is 9.75 Å². The summed E-state index contributed by atoms with van der Waals surface area (Å²) in [5, 5.41) is 0. The van der Waals surface area contributed by atoms with Crippen LogP contribution in [0.3, 0.4) is 0 Å². The number of rotatable bonds is 8. The lowest BCUT2D eigenvalue weighted by molar-refractivity contribution is 0.510. The molecule has 0 radical (unpaired) electrons. The van der Waals surface area contributed by atoms with Crippen LogP contribution in [-0.2, 0) is 11.8 Å². The van der Waals surface area contributed by atoms with Crippen molar-refractivity contribution in [2.24, 2.45) is 0 Å². The second-order valence-electron chi connectivity index (χ2n) is 7.10. The highest BCUT2D eigenvalue weighted by Crippen LogP contribution is 2.42. The van der Waals surface area contributed by atoms with Gasteiger partial charge in [-0.25, -0.2) is 0 Å². The zero-order valence-electron chi connectivity index (χ0n) is 14.7. The topological polar surface area (TPSA) is 0 Å². The molecule has 0 amide bonds. The van der Waals surface area contributed by atoms with Gasteiger partial charge in [-0.05, 0) is 48.6 Å². The first-order chi connectivity index (χ1) is 9.35. The first-order valence-corrected chi connectivity index (χ1v) is 9.29. The van der Waals surface area contributed by atoms with Gasteiger partial charge < -0.3 is 0 Å². The van der Waals surface area contributed by atoms with Crippen molar-refractivity contribution in [3.05, 3.63) is 20.9 Å². The van der Waals surface area contributed by atoms with E-state index in [0.29, 0.717) is 11.3 Å². The van der Waals surface area contributed by atoms with Gasteiger partial charge in [-0.2, -0.15) is 0 Å². The molecule has 1 rings (SSSR count). The van der Waals surface area contributed by atoms with Crippen LogP contribution in [0.2, 0.25) is 0 Å². The fourth-order valence-corrected chi connectivity index (χ4v) is 4.39. The molecule has 0 aliphatic carbocycles. The molecule has 20 heavy (non-hydrogen) atoms. The van der Waals surface area contributed by atoms with Gasteiger partial charge in [0.05, 0.1) is 0 Å². The Balaban J connectivity index is 3.05. The van der Waals surface area contributed by atoms with Crippen molar-refractivity contribution in [3.63, 3.8) is 0 Å². The molecule has 0 N–H and O–H groups in total. The van der Waals surface area contributed by atoms with Crippen molar-refractivity contribution >= 4 is 11.3 Å². The third-order valence-electron chi connectivity index (χ3n) is 4.61. The zero-order valence-corrected chi connectivity index (χ0v) is 15.5. The van der Waals surface area contributed by atoms with E-state index in [4.69, 9.17) is 0 Å². The average molecular weight is 295 g/mol. The highest BCUT2D eigenvalue weighted by molar-refractivity contribution is 7.12. The van der Waals surface area contributed by atoms with Gasteiger partial charge in [-0.15, -0.1) is 11.3 Å². The Morgan fingerprint density at radius 1 is 1.05 bits per heavy atom. The SMILES string of the molecule is CCCCCCc1c(C(C)(C)CC)sc(C(C)C)c1C. The van der Waals surface area contributed by atoms with Crippen LogP contribution in [0.1, 0.15) is 100 Å². The minimum atomic E-state index is 0.336. The van der Waals surface area contributed by atoms with Crippen molar-refractivity contribution in [2.75, 3.05) is 0 Å². The predicted molar refractivity (Wildman–Crippen MR) is 94.3 cm³/mol. The molecule has 0 unspecified atom stereocenters. The van der Waals surface area contributed by atoms with E-state index in [1.54, 1.807) is 20.9 Å². The van der Waals surface area contributed by atoms with E-state index in [-0.39, 0.29) is 0 Å². The monoisotopic (exact) mass is 294 g/mol. The summed E-state index contributed by atoms with van der Waals surface area (Å²) < 4.78 is 0. The molecule has 0 saturated heterocycles. The van der Waals surface area contributed by atoms with Crippen molar-refractivity contribution in [1.29, 1.82) is 0 Å². The lowest BCUT2D eigenvalue weighted by Gasteiger charge is -2.23. The molecule has 0 aliphatic heterocycles. The lowest BCUT2D eigenvalue weighted by Crippen LogP contribution is -2.15. The predicted octanol–water partition coefficient (Wildman–Crippen LogP) is 6.99. The molecule has 1 heteroatoms. The maximum atomic E-state index is 2.41. The van der Waals surface area contributed by atoms with Gasteiger partial charge in [-0.1, -0.05) is 60.8 Å². The minimum Gasteiger partial charge on any atom is -0.144 e. The smallest absolute Gasteiger partial charge is 0.0139 e. The Morgan fingerprint density at radius 3 is 2.20 bits per heavy atom. The second kappa shape index (κ2) is 7.64. The summed E-state index contributed by atoms with van der Waals surface area (Å²) in [5.41, 5.74) is 3.61. The van der Waals surface area contributed by atoms with Gasteiger partial charge >= 0.3 is 0 Å². The minimum absolute atomic E-state index is 0.336. The van der Waals surface area contributed by atoms with Crippen LogP contribution < -0.4 is 0 Å². The Bertz CT molecular complexity index is 410. The van der Waals surface area contributed by atoms with Crippen molar-refractivity contribution in [2.45, 2.75) is 98.3 Å². The molecule has 1 heterocycles. The number of hydrogen-bond donors (Lipinski definition) is 0. The highest BCUT2D eigenvalue weighted by Gasteiger charge is 2.27. The van der Waals surface area contributed by atoms with Crippen molar-refractivity contribution in [1.82, 2.24) is 0 Å².